The topological polar surface area (TPSA) is 50.8 Å². The van der Waals surface area contributed by atoms with Crippen molar-refractivity contribution in [3.63, 3.8) is 0 Å². The molecule has 1 aromatic rings. The van der Waals surface area contributed by atoms with Crippen molar-refractivity contribution in [2.45, 2.75) is 27.2 Å². The van der Waals surface area contributed by atoms with Crippen LogP contribution in [0.2, 0.25) is 0 Å². The number of ether oxygens (including phenoxy) is 2. The fourth-order valence-electron chi connectivity index (χ4n) is 3.34. The predicted molar refractivity (Wildman–Crippen MR) is 95.5 cm³/mol. The molecule has 2 unspecified atom stereocenters. The fourth-order valence-corrected chi connectivity index (χ4v) is 3.34. The van der Waals surface area contributed by atoms with E-state index < -0.39 is 0 Å². The summed E-state index contributed by atoms with van der Waals surface area (Å²) in [4.78, 5) is 14.3. The third-order valence-electron chi connectivity index (χ3n) is 4.14. The zero-order valence-corrected chi connectivity index (χ0v) is 15.1. The number of hydrogen-bond acceptors (Lipinski definition) is 4. The van der Waals surface area contributed by atoms with Crippen molar-refractivity contribution in [3.05, 3.63) is 24.3 Å². The number of piperidine rings is 1. The molecule has 2 rings (SSSR count). The number of rotatable bonds is 8. The van der Waals surface area contributed by atoms with E-state index in [1.807, 2.05) is 31.2 Å². The van der Waals surface area contributed by atoms with Crippen molar-refractivity contribution < 1.29 is 14.3 Å². The average Bonchev–Trinajstić information content (AvgIpc) is 2.52. The molecular formula is C19H30N2O3. The van der Waals surface area contributed by atoms with Crippen molar-refractivity contribution in [1.82, 2.24) is 10.2 Å². The molecule has 1 aliphatic rings. The Balaban J connectivity index is 1.62. The van der Waals surface area contributed by atoms with E-state index in [9.17, 15) is 4.79 Å². The standard InChI is InChI=1S/C19H30N2O3/c1-4-23-17-5-7-18(8-6-17)24-10-9-20-19(22)14-21-12-15(2)11-16(3)13-21/h5-8,15-16H,4,9-14H2,1-3H3,(H,20,22). The van der Waals surface area contributed by atoms with Gasteiger partial charge in [-0.25, -0.2) is 0 Å². The first-order chi connectivity index (χ1) is 11.6. The van der Waals surface area contributed by atoms with Crippen LogP contribution in [0, 0.1) is 11.8 Å². The SMILES string of the molecule is CCOc1ccc(OCCNC(=O)CN2CC(C)CC(C)C2)cc1. The third kappa shape index (κ3) is 6.40. The molecule has 134 valence electrons. The minimum absolute atomic E-state index is 0.0755. The number of carbonyl (C=O) groups is 1. The summed E-state index contributed by atoms with van der Waals surface area (Å²) in [6.45, 7) is 10.6. The van der Waals surface area contributed by atoms with Gasteiger partial charge in [0.15, 0.2) is 0 Å². The number of nitrogens with one attached hydrogen (secondary N) is 1. The second-order valence-corrected chi connectivity index (χ2v) is 6.74. The van der Waals surface area contributed by atoms with Crippen LogP contribution in [0.4, 0.5) is 0 Å². The van der Waals surface area contributed by atoms with Crippen LogP contribution in [0.3, 0.4) is 0 Å². The molecule has 1 fully saturated rings. The number of likely N-dealkylation sites (tertiary alicyclic amines) is 1. The lowest BCUT2D eigenvalue weighted by Crippen LogP contribution is -2.45. The Kier molecular flexibility index (Phi) is 7.37. The van der Waals surface area contributed by atoms with E-state index in [0.29, 0.717) is 38.1 Å². The van der Waals surface area contributed by atoms with Gasteiger partial charge in [0.05, 0.1) is 19.7 Å². The highest BCUT2D eigenvalue weighted by Gasteiger charge is 2.22. The Hall–Kier alpha value is -1.75. The van der Waals surface area contributed by atoms with Crippen LogP contribution in [0.1, 0.15) is 27.2 Å². The van der Waals surface area contributed by atoms with E-state index in [4.69, 9.17) is 9.47 Å². The van der Waals surface area contributed by atoms with E-state index in [-0.39, 0.29) is 5.91 Å². The summed E-state index contributed by atoms with van der Waals surface area (Å²) in [6, 6.07) is 7.53. The zero-order valence-electron chi connectivity index (χ0n) is 15.1. The van der Waals surface area contributed by atoms with E-state index >= 15 is 0 Å². The molecule has 0 bridgehead atoms. The van der Waals surface area contributed by atoms with Gasteiger partial charge in [0.25, 0.3) is 0 Å². The summed E-state index contributed by atoms with van der Waals surface area (Å²) in [7, 11) is 0. The minimum atomic E-state index is 0.0755. The highest BCUT2D eigenvalue weighted by Crippen LogP contribution is 2.20. The molecule has 0 spiro atoms. The molecule has 0 saturated carbocycles. The van der Waals surface area contributed by atoms with Crippen LogP contribution in [-0.2, 0) is 4.79 Å². The van der Waals surface area contributed by atoms with Crippen molar-refractivity contribution in [2.24, 2.45) is 11.8 Å². The van der Waals surface area contributed by atoms with Crippen LogP contribution < -0.4 is 14.8 Å². The minimum Gasteiger partial charge on any atom is -0.494 e. The lowest BCUT2D eigenvalue weighted by molar-refractivity contribution is -0.122. The lowest BCUT2D eigenvalue weighted by atomic mass is 9.92. The van der Waals surface area contributed by atoms with Gasteiger partial charge in [-0.2, -0.15) is 0 Å². The summed E-state index contributed by atoms with van der Waals surface area (Å²) in [5.74, 6) is 3.04. The molecule has 0 aliphatic carbocycles. The average molecular weight is 334 g/mol. The highest BCUT2D eigenvalue weighted by atomic mass is 16.5. The Bertz CT molecular complexity index is 494. The fraction of sp³-hybridized carbons (Fsp3) is 0.632. The first-order valence-electron chi connectivity index (χ1n) is 8.91. The van der Waals surface area contributed by atoms with Crippen LogP contribution in [-0.4, -0.2) is 50.2 Å². The summed E-state index contributed by atoms with van der Waals surface area (Å²) in [5, 5.41) is 2.93. The molecular weight excluding hydrogens is 304 g/mol. The molecule has 2 atom stereocenters. The first-order valence-corrected chi connectivity index (χ1v) is 8.91. The first kappa shape index (κ1) is 18.6. The summed E-state index contributed by atoms with van der Waals surface area (Å²) < 4.78 is 11.0. The highest BCUT2D eigenvalue weighted by molar-refractivity contribution is 5.78. The number of amides is 1. The molecule has 1 saturated heterocycles. The summed E-state index contributed by atoms with van der Waals surface area (Å²) in [6.07, 6.45) is 1.26. The van der Waals surface area contributed by atoms with E-state index in [0.717, 1.165) is 24.6 Å². The Morgan fingerprint density at radius 1 is 1.12 bits per heavy atom. The van der Waals surface area contributed by atoms with Crippen LogP contribution in [0.15, 0.2) is 24.3 Å². The summed E-state index contributed by atoms with van der Waals surface area (Å²) in [5.41, 5.74) is 0. The van der Waals surface area contributed by atoms with Gasteiger partial charge in [-0.1, -0.05) is 13.8 Å². The monoisotopic (exact) mass is 334 g/mol. The largest absolute Gasteiger partial charge is 0.494 e. The van der Waals surface area contributed by atoms with Gasteiger partial charge in [0.2, 0.25) is 5.91 Å². The van der Waals surface area contributed by atoms with E-state index in [2.05, 4.69) is 24.1 Å². The zero-order chi connectivity index (χ0) is 17.4. The van der Waals surface area contributed by atoms with Gasteiger partial charge < -0.3 is 14.8 Å². The van der Waals surface area contributed by atoms with Gasteiger partial charge >= 0.3 is 0 Å². The number of hydrogen-bond donors (Lipinski definition) is 1. The Morgan fingerprint density at radius 3 is 2.29 bits per heavy atom. The van der Waals surface area contributed by atoms with Gasteiger partial charge in [0, 0.05) is 13.1 Å². The normalized spacial score (nSPS) is 21.3. The molecule has 0 radical (unpaired) electrons. The predicted octanol–water partition coefficient (Wildman–Crippen LogP) is 2.56. The number of carbonyl (C=O) groups excluding carboxylic acids is 1. The summed E-state index contributed by atoms with van der Waals surface area (Å²) >= 11 is 0. The molecule has 1 aromatic carbocycles. The Morgan fingerprint density at radius 2 is 1.71 bits per heavy atom. The molecule has 5 nitrogen and oxygen atoms in total. The molecule has 24 heavy (non-hydrogen) atoms. The van der Waals surface area contributed by atoms with Gasteiger partial charge in [0.1, 0.15) is 18.1 Å². The van der Waals surface area contributed by atoms with Gasteiger partial charge in [-0.15, -0.1) is 0 Å². The van der Waals surface area contributed by atoms with E-state index in [1.165, 1.54) is 6.42 Å². The quantitative estimate of drug-likeness (QED) is 0.743. The molecule has 1 aliphatic heterocycles. The van der Waals surface area contributed by atoms with Crippen molar-refractivity contribution in [3.8, 4) is 11.5 Å². The molecule has 0 aromatic heterocycles. The van der Waals surface area contributed by atoms with Crippen LogP contribution >= 0.6 is 0 Å². The maximum absolute atomic E-state index is 12.0. The second-order valence-electron chi connectivity index (χ2n) is 6.74. The molecule has 1 heterocycles. The van der Waals surface area contributed by atoms with Crippen LogP contribution in [0.25, 0.3) is 0 Å². The smallest absolute Gasteiger partial charge is 0.234 e. The lowest BCUT2D eigenvalue weighted by Gasteiger charge is -2.34. The van der Waals surface area contributed by atoms with Gasteiger partial charge in [-0.05, 0) is 49.4 Å². The second kappa shape index (κ2) is 9.52. The maximum atomic E-state index is 12.0. The molecule has 1 N–H and O–H groups in total. The number of benzene rings is 1. The van der Waals surface area contributed by atoms with Crippen molar-refractivity contribution in [2.75, 3.05) is 39.4 Å². The van der Waals surface area contributed by atoms with Crippen molar-refractivity contribution in [1.29, 1.82) is 0 Å². The molecule has 5 heteroatoms. The van der Waals surface area contributed by atoms with Crippen molar-refractivity contribution >= 4 is 5.91 Å². The third-order valence-corrected chi connectivity index (χ3v) is 4.14. The number of nitrogens with zero attached hydrogens (tertiary/aromatic N) is 1. The van der Waals surface area contributed by atoms with Crippen LogP contribution in [0.5, 0.6) is 11.5 Å². The van der Waals surface area contributed by atoms with E-state index in [1.54, 1.807) is 0 Å². The molecule has 1 amide bonds. The van der Waals surface area contributed by atoms with Gasteiger partial charge in [-0.3, -0.25) is 9.69 Å². The Labute approximate surface area is 145 Å². The maximum Gasteiger partial charge on any atom is 0.234 e.